The lowest BCUT2D eigenvalue weighted by molar-refractivity contribution is -0.137. The van der Waals surface area contributed by atoms with Crippen molar-refractivity contribution >= 4 is 29.2 Å². The van der Waals surface area contributed by atoms with Crippen LogP contribution in [0.15, 0.2) is 34.9 Å². The van der Waals surface area contributed by atoms with E-state index in [4.69, 9.17) is 16.1 Å². The molecule has 0 saturated carbocycles. The van der Waals surface area contributed by atoms with Crippen molar-refractivity contribution < 1.29 is 14.1 Å². The molecule has 27 heavy (non-hydrogen) atoms. The van der Waals surface area contributed by atoms with Crippen LogP contribution in [-0.4, -0.2) is 34.5 Å². The molecular formula is C20H24ClN3O3. The maximum Gasteiger partial charge on any atom is 0.248 e. The lowest BCUT2D eigenvalue weighted by atomic mass is 9.81. The van der Waals surface area contributed by atoms with Crippen LogP contribution in [0.2, 0.25) is 5.02 Å². The fraction of sp³-hybridized carbons (Fsp3) is 0.450. The van der Waals surface area contributed by atoms with Crippen molar-refractivity contribution in [2.75, 3.05) is 11.9 Å². The van der Waals surface area contributed by atoms with Gasteiger partial charge >= 0.3 is 0 Å². The van der Waals surface area contributed by atoms with Gasteiger partial charge in [0.05, 0.1) is 0 Å². The first-order valence-electron chi connectivity index (χ1n) is 9.06. The van der Waals surface area contributed by atoms with Crippen molar-refractivity contribution in [3.05, 3.63) is 46.7 Å². The smallest absolute Gasteiger partial charge is 0.248 e. The summed E-state index contributed by atoms with van der Waals surface area (Å²) in [5.41, 5.74) is 0.688. The number of nitrogens with zero attached hydrogens (tertiary/aromatic N) is 2. The van der Waals surface area contributed by atoms with Crippen molar-refractivity contribution in [1.29, 1.82) is 0 Å². The minimum Gasteiger partial charge on any atom is -0.360 e. The molecule has 0 spiro atoms. The van der Waals surface area contributed by atoms with Crippen molar-refractivity contribution in [3.63, 3.8) is 0 Å². The zero-order chi connectivity index (χ0) is 19.6. The summed E-state index contributed by atoms with van der Waals surface area (Å²) in [6.45, 7) is 6.40. The summed E-state index contributed by atoms with van der Waals surface area (Å²) in [4.78, 5) is 27.2. The van der Waals surface area contributed by atoms with Crippen molar-refractivity contribution in [1.82, 2.24) is 10.1 Å². The molecule has 1 aromatic heterocycles. The van der Waals surface area contributed by atoms with Crippen LogP contribution >= 0.6 is 11.6 Å². The van der Waals surface area contributed by atoms with Crippen LogP contribution in [0.4, 0.5) is 5.82 Å². The minimum atomic E-state index is -0.476. The molecule has 1 saturated heterocycles. The number of hydrogen-bond acceptors (Lipinski definition) is 4. The molecule has 0 radical (unpaired) electrons. The number of carbonyl (C=O) groups is 2. The maximum absolute atomic E-state index is 13.0. The number of rotatable bonds is 5. The molecule has 0 aliphatic carbocycles. The van der Waals surface area contributed by atoms with Gasteiger partial charge in [0.15, 0.2) is 5.82 Å². The lowest BCUT2D eigenvalue weighted by Gasteiger charge is -2.30. The topological polar surface area (TPSA) is 75.4 Å². The Labute approximate surface area is 163 Å². The highest BCUT2D eigenvalue weighted by Crippen LogP contribution is 2.30. The van der Waals surface area contributed by atoms with E-state index in [1.165, 1.54) is 0 Å². The van der Waals surface area contributed by atoms with E-state index in [1.807, 2.05) is 38.1 Å². The molecule has 0 unspecified atom stereocenters. The Bertz CT molecular complexity index is 829. The quantitative estimate of drug-likeness (QED) is 0.840. The molecule has 0 bridgehead atoms. The largest absolute Gasteiger partial charge is 0.360 e. The minimum absolute atomic E-state index is 0.0241. The van der Waals surface area contributed by atoms with E-state index >= 15 is 0 Å². The second-order valence-electron chi connectivity index (χ2n) is 7.62. The fourth-order valence-corrected chi connectivity index (χ4v) is 3.58. The van der Waals surface area contributed by atoms with Gasteiger partial charge in [0.1, 0.15) is 11.8 Å². The Morgan fingerprint density at radius 2 is 2.04 bits per heavy atom. The number of aromatic nitrogens is 1. The molecule has 1 atom stereocenters. The SMILES string of the molecule is Cc1cc(NC(=O)[C@@H]2CCCN2C(=O)CC(C)(C)c2ccc(Cl)cc2)no1. The van der Waals surface area contributed by atoms with Crippen LogP contribution in [0.1, 0.15) is 44.4 Å². The Kier molecular flexibility index (Phi) is 5.56. The van der Waals surface area contributed by atoms with E-state index in [0.717, 1.165) is 12.0 Å². The van der Waals surface area contributed by atoms with Gasteiger partial charge in [0, 0.05) is 24.1 Å². The second kappa shape index (κ2) is 7.72. The predicted octanol–water partition coefficient (Wildman–Crippen LogP) is 3.93. The number of likely N-dealkylation sites (tertiary alicyclic amines) is 1. The van der Waals surface area contributed by atoms with E-state index in [0.29, 0.717) is 36.0 Å². The summed E-state index contributed by atoms with van der Waals surface area (Å²) in [5.74, 6) is 0.745. The molecule has 1 fully saturated rings. The zero-order valence-corrected chi connectivity index (χ0v) is 16.5. The third-order valence-electron chi connectivity index (χ3n) is 4.97. The van der Waals surface area contributed by atoms with Crippen LogP contribution in [0.5, 0.6) is 0 Å². The molecule has 2 amide bonds. The van der Waals surface area contributed by atoms with Gasteiger partial charge in [-0.15, -0.1) is 0 Å². The first kappa shape index (κ1) is 19.4. The van der Waals surface area contributed by atoms with Crippen molar-refractivity contribution in [3.8, 4) is 0 Å². The van der Waals surface area contributed by atoms with E-state index in [-0.39, 0.29) is 17.2 Å². The van der Waals surface area contributed by atoms with Gasteiger partial charge in [0.2, 0.25) is 11.8 Å². The molecule has 1 N–H and O–H groups in total. The molecule has 6 nitrogen and oxygen atoms in total. The zero-order valence-electron chi connectivity index (χ0n) is 15.8. The van der Waals surface area contributed by atoms with Crippen molar-refractivity contribution in [2.45, 2.75) is 51.5 Å². The van der Waals surface area contributed by atoms with Crippen LogP contribution < -0.4 is 5.32 Å². The van der Waals surface area contributed by atoms with E-state index in [2.05, 4.69) is 10.5 Å². The van der Waals surface area contributed by atoms with Gasteiger partial charge < -0.3 is 14.7 Å². The summed E-state index contributed by atoms with van der Waals surface area (Å²) in [7, 11) is 0. The maximum atomic E-state index is 13.0. The van der Waals surface area contributed by atoms with Crippen molar-refractivity contribution in [2.24, 2.45) is 0 Å². The van der Waals surface area contributed by atoms with Crippen LogP contribution in [-0.2, 0) is 15.0 Å². The number of amides is 2. The molecule has 3 rings (SSSR count). The molecule has 2 aromatic rings. The number of anilines is 1. The van der Waals surface area contributed by atoms with Gasteiger partial charge in [-0.1, -0.05) is 42.7 Å². The molecule has 1 aliphatic heterocycles. The monoisotopic (exact) mass is 389 g/mol. The van der Waals surface area contributed by atoms with E-state index in [9.17, 15) is 9.59 Å². The summed E-state index contributed by atoms with van der Waals surface area (Å²) in [6.07, 6.45) is 1.78. The summed E-state index contributed by atoms with van der Waals surface area (Å²) in [5, 5.41) is 7.19. The summed E-state index contributed by atoms with van der Waals surface area (Å²) in [6, 6.07) is 8.72. The highest BCUT2D eigenvalue weighted by Gasteiger charge is 2.36. The lowest BCUT2D eigenvalue weighted by Crippen LogP contribution is -2.44. The Morgan fingerprint density at radius 3 is 2.67 bits per heavy atom. The molecule has 7 heteroatoms. The van der Waals surface area contributed by atoms with E-state index in [1.54, 1.807) is 17.9 Å². The standard InChI is InChI=1S/C20H24ClN3O3/c1-13-11-17(23-27-13)22-19(26)16-5-4-10-24(16)18(25)12-20(2,3)14-6-8-15(21)9-7-14/h6-9,11,16H,4-5,10,12H2,1-3H3,(H,22,23,26)/t16-/m0/s1. The number of aryl methyl sites for hydroxylation is 1. The highest BCUT2D eigenvalue weighted by atomic mass is 35.5. The Morgan fingerprint density at radius 1 is 1.33 bits per heavy atom. The van der Waals surface area contributed by atoms with E-state index < -0.39 is 6.04 Å². The van der Waals surface area contributed by atoms with Gasteiger partial charge in [-0.25, -0.2) is 0 Å². The number of halogens is 1. The first-order chi connectivity index (χ1) is 12.8. The van der Waals surface area contributed by atoms with Gasteiger partial charge in [-0.05, 0) is 42.9 Å². The molecule has 2 heterocycles. The summed E-state index contributed by atoms with van der Waals surface area (Å²) >= 11 is 5.96. The summed E-state index contributed by atoms with van der Waals surface area (Å²) < 4.78 is 4.97. The van der Waals surface area contributed by atoms with Crippen LogP contribution in [0.3, 0.4) is 0 Å². The average Bonchev–Trinajstić information content (AvgIpc) is 3.24. The highest BCUT2D eigenvalue weighted by molar-refractivity contribution is 6.30. The Hall–Kier alpha value is -2.34. The number of nitrogens with one attached hydrogen (secondary N) is 1. The van der Waals surface area contributed by atoms with Gasteiger partial charge in [0.25, 0.3) is 0 Å². The number of benzene rings is 1. The van der Waals surface area contributed by atoms with Gasteiger partial charge in [-0.3, -0.25) is 9.59 Å². The number of hydrogen-bond donors (Lipinski definition) is 1. The average molecular weight is 390 g/mol. The predicted molar refractivity (Wildman–Crippen MR) is 104 cm³/mol. The van der Waals surface area contributed by atoms with Crippen LogP contribution in [0.25, 0.3) is 0 Å². The second-order valence-corrected chi connectivity index (χ2v) is 8.06. The molecular weight excluding hydrogens is 366 g/mol. The number of carbonyl (C=O) groups excluding carboxylic acids is 2. The molecule has 144 valence electrons. The van der Waals surface area contributed by atoms with Gasteiger partial charge in [-0.2, -0.15) is 0 Å². The third-order valence-corrected chi connectivity index (χ3v) is 5.23. The Balaban J connectivity index is 1.67. The normalized spacial score (nSPS) is 17.2. The molecule has 1 aromatic carbocycles. The molecule has 1 aliphatic rings. The van der Waals surface area contributed by atoms with Crippen LogP contribution in [0, 0.1) is 6.92 Å². The first-order valence-corrected chi connectivity index (χ1v) is 9.44. The fourth-order valence-electron chi connectivity index (χ4n) is 3.46. The third kappa shape index (κ3) is 4.50.